The Kier molecular flexibility index (Phi) is 3.64. The zero-order valence-corrected chi connectivity index (χ0v) is 10.7. The molecule has 3 heteroatoms. The lowest BCUT2D eigenvalue weighted by atomic mass is 9.87. The summed E-state index contributed by atoms with van der Waals surface area (Å²) < 4.78 is 1.98. The van der Waals surface area contributed by atoms with Gasteiger partial charge in [-0.2, -0.15) is 5.10 Å². The first-order valence-electron chi connectivity index (χ1n) is 6.36. The molecule has 0 radical (unpaired) electrons. The number of nitrogens with zero attached hydrogens (tertiary/aromatic N) is 3. The van der Waals surface area contributed by atoms with E-state index in [1.54, 1.807) is 0 Å². The van der Waals surface area contributed by atoms with Gasteiger partial charge in [0.1, 0.15) is 0 Å². The van der Waals surface area contributed by atoms with E-state index in [-0.39, 0.29) is 0 Å². The molecule has 0 bridgehead atoms. The van der Waals surface area contributed by atoms with Crippen molar-refractivity contribution in [3.63, 3.8) is 0 Å². The number of aryl methyl sites for hydroxylation is 1. The maximum atomic E-state index is 4.22. The van der Waals surface area contributed by atoms with Gasteiger partial charge in [-0.15, -0.1) is 0 Å². The second-order valence-corrected chi connectivity index (χ2v) is 5.30. The summed E-state index contributed by atoms with van der Waals surface area (Å²) in [5.74, 6) is 1.78. The van der Waals surface area contributed by atoms with E-state index >= 15 is 0 Å². The molecule has 3 nitrogen and oxygen atoms in total. The number of rotatable bonds is 3. The summed E-state index contributed by atoms with van der Waals surface area (Å²) in [7, 11) is 2.02. The monoisotopic (exact) mass is 221 g/mol. The van der Waals surface area contributed by atoms with Crippen LogP contribution in [0.4, 0.5) is 0 Å². The number of hydrogen-bond donors (Lipinski definition) is 0. The average molecular weight is 221 g/mol. The number of hydrogen-bond acceptors (Lipinski definition) is 2. The summed E-state index contributed by atoms with van der Waals surface area (Å²) >= 11 is 0. The molecule has 0 unspecified atom stereocenters. The topological polar surface area (TPSA) is 21.1 Å². The zero-order chi connectivity index (χ0) is 11.5. The minimum atomic E-state index is 0.846. The lowest BCUT2D eigenvalue weighted by Crippen LogP contribution is -2.35. The Hall–Kier alpha value is -0.830. The van der Waals surface area contributed by atoms with Crippen LogP contribution in [0.25, 0.3) is 0 Å². The van der Waals surface area contributed by atoms with E-state index in [9.17, 15) is 0 Å². The highest BCUT2D eigenvalue weighted by atomic mass is 15.3. The first-order valence-corrected chi connectivity index (χ1v) is 6.36. The molecule has 0 saturated carbocycles. The van der Waals surface area contributed by atoms with Crippen LogP contribution in [0, 0.1) is 11.8 Å². The van der Waals surface area contributed by atoms with Crippen molar-refractivity contribution < 1.29 is 0 Å². The van der Waals surface area contributed by atoms with Crippen molar-refractivity contribution in [3.05, 3.63) is 18.0 Å². The van der Waals surface area contributed by atoms with Crippen LogP contribution in [0.3, 0.4) is 0 Å². The van der Waals surface area contributed by atoms with E-state index in [1.807, 2.05) is 17.9 Å². The van der Waals surface area contributed by atoms with Gasteiger partial charge in [-0.25, -0.2) is 0 Å². The molecular formula is C13H23N3. The van der Waals surface area contributed by atoms with Gasteiger partial charge in [-0.1, -0.05) is 13.8 Å². The fourth-order valence-corrected chi connectivity index (χ4v) is 2.56. The molecule has 1 saturated heterocycles. The minimum Gasteiger partial charge on any atom is -0.298 e. The quantitative estimate of drug-likeness (QED) is 0.781. The summed E-state index contributed by atoms with van der Waals surface area (Å²) in [6.07, 6.45) is 4.60. The van der Waals surface area contributed by atoms with E-state index in [1.165, 1.54) is 31.6 Å². The molecule has 1 aromatic rings. The largest absolute Gasteiger partial charge is 0.298 e. The van der Waals surface area contributed by atoms with Gasteiger partial charge in [0.05, 0.1) is 5.69 Å². The predicted molar refractivity (Wildman–Crippen MR) is 66.0 cm³/mol. The third-order valence-electron chi connectivity index (χ3n) is 3.88. The zero-order valence-electron chi connectivity index (χ0n) is 10.7. The molecule has 1 aliphatic heterocycles. The Balaban J connectivity index is 1.84. The maximum absolute atomic E-state index is 4.22. The SMILES string of the molecule is CC(C)C1CCN(Cc2ccnn2C)CC1. The van der Waals surface area contributed by atoms with Gasteiger partial charge in [0.2, 0.25) is 0 Å². The fraction of sp³-hybridized carbons (Fsp3) is 0.769. The Morgan fingerprint density at radius 3 is 2.56 bits per heavy atom. The van der Waals surface area contributed by atoms with Crippen molar-refractivity contribution in [2.75, 3.05) is 13.1 Å². The Bertz CT molecular complexity index is 322. The molecule has 1 fully saturated rings. The first-order chi connectivity index (χ1) is 7.66. The van der Waals surface area contributed by atoms with Crippen LogP contribution in [0.1, 0.15) is 32.4 Å². The smallest absolute Gasteiger partial charge is 0.0521 e. The molecular weight excluding hydrogens is 198 g/mol. The summed E-state index contributed by atoms with van der Waals surface area (Å²) in [4.78, 5) is 2.55. The lowest BCUT2D eigenvalue weighted by Gasteiger charge is -2.33. The highest BCUT2D eigenvalue weighted by Crippen LogP contribution is 2.25. The molecule has 2 rings (SSSR count). The van der Waals surface area contributed by atoms with Gasteiger partial charge in [0.15, 0.2) is 0 Å². The van der Waals surface area contributed by atoms with Crippen LogP contribution in [0.15, 0.2) is 12.3 Å². The summed E-state index contributed by atoms with van der Waals surface area (Å²) in [5.41, 5.74) is 1.32. The van der Waals surface area contributed by atoms with E-state index in [0.717, 1.165) is 18.4 Å². The van der Waals surface area contributed by atoms with Crippen molar-refractivity contribution >= 4 is 0 Å². The van der Waals surface area contributed by atoms with Gasteiger partial charge in [0.25, 0.3) is 0 Å². The van der Waals surface area contributed by atoms with Crippen LogP contribution in [0.2, 0.25) is 0 Å². The minimum absolute atomic E-state index is 0.846. The number of piperidine rings is 1. The van der Waals surface area contributed by atoms with E-state index in [4.69, 9.17) is 0 Å². The highest BCUT2D eigenvalue weighted by Gasteiger charge is 2.21. The normalized spacial score (nSPS) is 19.5. The second-order valence-electron chi connectivity index (χ2n) is 5.30. The van der Waals surface area contributed by atoms with Crippen LogP contribution < -0.4 is 0 Å². The van der Waals surface area contributed by atoms with Crippen molar-refractivity contribution in [3.8, 4) is 0 Å². The molecule has 0 N–H and O–H groups in total. The molecule has 1 aromatic heterocycles. The summed E-state index contributed by atoms with van der Waals surface area (Å²) in [6, 6.07) is 2.12. The molecule has 0 atom stereocenters. The maximum Gasteiger partial charge on any atom is 0.0521 e. The molecule has 1 aliphatic rings. The Labute approximate surface area is 98.4 Å². The van der Waals surface area contributed by atoms with Crippen LogP contribution in [-0.2, 0) is 13.6 Å². The molecule has 0 amide bonds. The fourth-order valence-electron chi connectivity index (χ4n) is 2.56. The third kappa shape index (κ3) is 2.64. The molecule has 0 aromatic carbocycles. The van der Waals surface area contributed by atoms with Crippen LogP contribution in [-0.4, -0.2) is 27.8 Å². The predicted octanol–water partition coefficient (Wildman–Crippen LogP) is 2.29. The van der Waals surface area contributed by atoms with Crippen molar-refractivity contribution in [1.29, 1.82) is 0 Å². The molecule has 0 spiro atoms. The third-order valence-corrected chi connectivity index (χ3v) is 3.88. The first kappa shape index (κ1) is 11.6. The Morgan fingerprint density at radius 2 is 2.06 bits per heavy atom. The molecule has 2 heterocycles. The average Bonchev–Trinajstić information content (AvgIpc) is 2.65. The van der Waals surface area contributed by atoms with E-state index in [2.05, 4.69) is 29.9 Å². The van der Waals surface area contributed by atoms with E-state index in [0.29, 0.717) is 0 Å². The lowest BCUT2D eigenvalue weighted by molar-refractivity contribution is 0.149. The summed E-state index contributed by atoms with van der Waals surface area (Å²) in [5, 5.41) is 4.22. The van der Waals surface area contributed by atoms with Gasteiger partial charge in [-0.3, -0.25) is 9.58 Å². The highest BCUT2D eigenvalue weighted by molar-refractivity contribution is 4.99. The van der Waals surface area contributed by atoms with E-state index < -0.39 is 0 Å². The number of likely N-dealkylation sites (tertiary alicyclic amines) is 1. The van der Waals surface area contributed by atoms with Gasteiger partial charge < -0.3 is 0 Å². The van der Waals surface area contributed by atoms with Gasteiger partial charge in [0, 0.05) is 19.8 Å². The molecule has 0 aliphatic carbocycles. The van der Waals surface area contributed by atoms with Crippen LogP contribution >= 0.6 is 0 Å². The van der Waals surface area contributed by atoms with Gasteiger partial charge >= 0.3 is 0 Å². The molecule has 16 heavy (non-hydrogen) atoms. The second kappa shape index (κ2) is 5.00. The van der Waals surface area contributed by atoms with Crippen LogP contribution in [0.5, 0.6) is 0 Å². The Morgan fingerprint density at radius 1 is 1.38 bits per heavy atom. The summed E-state index contributed by atoms with van der Waals surface area (Å²) in [6.45, 7) is 8.24. The van der Waals surface area contributed by atoms with Crippen molar-refractivity contribution in [2.45, 2.75) is 33.2 Å². The molecule has 90 valence electrons. The van der Waals surface area contributed by atoms with Crippen molar-refractivity contribution in [2.24, 2.45) is 18.9 Å². The van der Waals surface area contributed by atoms with Crippen molar-refractivity contribution in [1.82, 2.24) is 14.7 Å². The standard InChI is InChI=1S/C13H23N3/c1-11(2)12-5-8-16(9-6-12)10-13-4-7-14-15(13)3/h4,7,11-12H,5-6,8-10H2,1-3H3. The number of aromatic nitrogens is 2. The van der Waals surface area contributed by atoms with Gasteiger partial charge in [-0.05, 0) is 43.8 Å².